The molecule has 0 fully saturated rings. The van der Waals surface area contributed by atoms with Crippen LogP contribution in [0.5, 0.6) is 11.5 Å². The fraction of sp³-hybridized carbons (Fsp3) is 0.0714. The molecule has 2 aromatic rings. The maximum absolute atomic E-state index is 10.6. The number of benzene rings is 2. The topological polar surface area (TPSA) is 46.5 Å². The third-order valence-electron chi connectivity index (χ3n) is 2.36. The van der Waals surface area contributed by atoms with E-state index in [-0.39, 0.29) is 6.61 Å². The van der Waals surface area contributed by atoms with Crippen LogP contribution in [0.25, 0.3) is 0 Å². The van der Waals surface area contributed by atoms with Gasteiger partial charge in [0.25, 0.3) is 0 Å². The fourth-order valence-corrected chi connectivity index (χ4v) is 1.51. The molecule has 1 N–H and O–H groups in total. The molecule has 0 aliphatic rings. The molecule has 86 valence electrons. The van der Waals surface area contributed by atoms with Crippen molar-refractivity contribution in [1.82, 2.24) is 0 Å². The van der Waals surface area contributed by atoms with E-state index in [4.69, 9.17) is 9.84 Å². The van der Waals surface area contributed by atoms with Crippen molar-refractivity contribution in [2.75, 3.05) is 0 Å². The molecule has 0 unspecified atom stereocenters. The van der Waals surface area contributed by atoms with Crippen LogP contribution in [-0.4, -0.2) is 11.4 Å². The summed E-state index contributed by atoms with van der Waals surface area (Å²) in [6.45, 7) is -0.0798. The average Bonchev–Trinajstić information content (AvgIpc) is 2.39. The second kappa shape index (κ2) is 5.27. The minimum Gasteiger partial charge on any atom is -0.457 e. The van der Waals surface area contributed by atoms with E-state index < -0.39 is 0 Å². The number of carbonyl (C=O) groups excluding carboxylic acids is 1. The van der Waals surface area contributed by atoms with Crippen molar-refractivity contribution in [2.24, 2.45) is 0 Å². The zero-order valence-electron chi connectivity index (χ0n) is 9.17. The van der Waals surface area contributed by atoms with E-state index in [1.807, 2.05) is 12.1 Å². The van der Waals surface area contributed by atoms with E-state index in [9.17, 15) is 4.79 Å². The van der Waals surface area contributed by atoms with Crippen LogP contribution in [-0.2, 0) is 6.61 Å². The molecule has 0 atom stereocenters. The molecule has 0 heterocycles. The molecule has 3 heteroatoms. The molecule has 0 bridgehead atoms. The van der Waals surface area contributed by atoms with Crippen molar-refractivity contribution in [3.05, 3.63) is 59.7 Å². The lowest BCUT2D eigenvalue weighted by Gasteiger charge is -2.09. The molecule has 0 aliphatic heterocycles. The molecule has 2 rings (SSSR count). The van der Waals surface area contributed by atoms with Crippen molar-refractivity contribution < 1.29 is 14.6 Å². The van der Waals surface area contributed by atoms with Gasteiger partial charge in [-0.1, -0.05) is 30.3 Å². The number of aliphatic hydroxyl groups excluding tert-OH is 1. The van der Waals surface area contributed by atoms with Gasteiger partial charge in [-0.15, -0.1) is 0 Å². The van der Waals surface area contributed by atoms with Crippen LogP contribution in [0.1, 0.15) is 15.9 Å². The number of aldehydes is 1. The maximum atomic E-state index is 10.6. The minimum atomic E-state index is -0.0798. The van der Waals surface area contributed by atoms with E-state index in [0.29, 0.717) is 22.6 Å². The summed E-state index contributed by atoms with van der Waals surface area (Å²) < 4.78 is 5.62. The Kier molecular flexibility index (Phi) is 3.52. The molecule has 3 nitrogen and oxygen atoms in total. The fourth-order valence-electron chi connectivity index (χ4n) is 1.51. The number of rotatable bonds is 4. The van der Waals surface area contributed by atoms with Crippen LogP contribution in [0, 0.1) is 0 Å². The molecule has 0 amide bonds. The largest absolute Gasteiger partial charge is 0.457 e. The number of para-hydroxylation sites is 1. The number of hydrogen-bond acceptors (Lipinski definition) is 3. The maximum Gasteiger partial charge on any atom is 0.150 e. The van der Waals surface area contributed by atoms with E-state index in [2.05, 4.69) is 0 Å². The molecule has 0 saturated carbocycles. The Balaban J connectivity index is 2.27. The highest BCUT2D eigenvalue weighted by Crippen LogP contribution is 2.25. The van der Waals surface area contributed by atoms with Gasteiger partial charge < -0.3 is 9.84 Å². The van der Waals surface area contributed by atoms with Gasteiger partial charge in [-0.3, -0.25) is 4.79 Å². The SMILES string of the molecule is O=Cc1cccc(Oc2ccccc2CO)c1. The van der Waals surface area contributed by atoms with Crippen molar-refractivity contribution in [2.45, 2.75) is 6.61 Å². The quantitative estimate of drug-likeness (QED) is 0.818. The Bertz CT molecular complexity index is 520. The zero-order valence-corrected chi connectivity index (χ0v) is 9.17. The molecule has 0 aliphatic carbocycles. The lowest BCUT2D eigenvalue weighted by atomic mass is 10.2. The first kappa shape index (κ1) is 11.4. The number of carbonyl (C=O) groups is 1. The smallest absolute Gasteiger partial charge is 0.150 e. The van der Waals surface area contributed by atoms with Crippen LogP contribution in [0.2, 0.25) is 0 Å². The van der Waals surface area contributed by atoms with Gasteiger partial charge in [-0.2, -0.15) is 0 Å². The standard InChI is InChI=1S/C14H12O3/c15-9-11-4-3-6-13(8-11)17-14-7-2-1-5-12(14)10-16/h1-9,16H,10H2. The average molecular weight is 228 g/mol. The van der Waals surface area contributed by atoms with Crippen molar-refractivity contribution >= 4 is 6.29 Å². The summed E-state index contributed by atoms with van der Waals surface area (Å²) in [5.41, 5.74) is 1.27. The molecular formula is C14H12O3. The molecular weight excluding hydrogens is 216 g/mol. The second-order valence-corrected chi connectivity index (χ2v) is 3.56. The van der Waals surface area contributed by atoms with E-state index >= 15 is 0 Å². The highest BCUT2D eigenvalue weighted by atomic mass is 16.5. The van der Waals surface area contributed by atoms with Crippen LogP contribution in [0.3, 0.4) is 0 Å². The van der Waals surface area contributed by atoms with Crippen molar-refractivity contribution in [3.63, 3.8) is 0 Å². The first-order valence-electron chi connectivity index (χ1n) is 5.25. The number of hydrogen-bond donors (Lipinski definition) is 1. The predicted molar refractivity (Wildman–Crippen MR) is 64.3 cm³/mol. The second-order valence-electron chi connectivity index (χ2n) is 3.56. The molecule has 0 saturated heterocycles. The van der Waals surface area contributed by atoms with Gasteiger partial charge in [-0.05, 0) is 18.2 Å². The monoisotopic (exact) mass is 228 g/mol. The van der Waals surface area contributed by atoms with E-state index in [0.717, 1.165) is 6.29 Å². The van der Waals surface area contributed by atoms with Crippen LogP contribution < -0.4 is 4.74 Å². The molecule has 2 aromatic carbocycles. The third kappa shape index (κ3) is 2.71. The Labute approximate surface area is 99.3 Å². The first-order valence-corrected chi connectivity index (χ1v) is 5.25. The first-order chi connectivity index (χ1) is 8.33. The van der Waals surface area contributed by atoms with Gasteiger partial charge in [0, 0.05) is 11.1 Å². The normalized spacial score (nSPS) is 9.94. The summed E-state index contributed by atoms with van der Waals surface area (Å²) in [7, 11) is 0. The number of aliphatic hydroxyl groups is 1. The Morgan fingerprint density at radius 1 is 1.12 bits per heavy atom. The predicted octanol–water partition coefficient (Wildman–Crippen LogP) is 2.78. The Morgan fingerprint density at radius 3 is 2.71 bits per heavy atom. The molecule has 0 aromatic heterocycles. The minimum absolute atomic E-state index is 0.0798. The third-order valence-corrected chi connectivity index (χ3v) is 2.36. The number of ether oxygens (including phenoxy) is 1. The Hall–Kier alpha value is -2.13. The van der Waals surface area contributed by atoms with Crippen LogP contribution in [0.4, 0.5) is 0 Å². The summed E-state index contributed by atoms with van der Waals surface area (Å²) in [4.78, 5) is 10.6. The lowest BCUT2D eigenvalue weighted by Crippen LogP contribution is -1.91. The van der Waals surface area contributed by atoms with Crippen molar-refractivity contribution in [1.29, 1.82) is 0 Å². The van der Waals surface area contributed by atoms with Gasteiger partial charge in [-0.25, -0.2) is 0 Å². The van der Waals surface area contributed by atoms with E-state index in [1.54, 1.807) is 36.4 Å². The molecule has 0 radical (unpaired) electrons. The van der Waals surface area contributed by atoms with Gasteiger partial charge >= 0.3 is 0 Å². The highest BCUT2D eigenvalue weighted by Gasteiger charge is 2.03. The van der Waals surface area contributed by atoms with E-state index in [1.165, 1.54) is 0 Å². The summed E-state index contributed by atoms with van der Waals surface area (Å²) >= 11 is 0. The van der Waals surface area contributed by atoms with Gasteiger partial charge in [0.15, 0.2) is 0 Å². The highest BCUT2D eigenvalue weighted by molar-refractivity contribution is 5.75. The summed E-state index contributed by atoms with van der Waals surface area (Å²) in [6, 6.07) is 14.1. The van der Waals surface area contributed by atoms with Gasteiger partial charge in [0.1, 0.15) is 17.8 Å². The summed E-state index contributed by atoms with van der Waals surface area (Å²) in [5, 5.41) is 9.16. The summed E-state index contributed by atoms with van der Waals surface area (Å²) in [5.74, 6) is 1.17. The summed E-state index contributed by atoms with van der Waals surface area (Å²) in [6.07, 6.45) is 0.769. The van der Waals surface area contributed by atoms with Gasteiger partial charge in [0.2, 0.25) is 0 Å². The molecule has 0 spiro atoms. The van der Waals surface area contributed by atoms with Crippen LogP contribution in [0.15, 0.2) is 48.5 Å². The zero-order chi connectivity index (χ0) is 12.1. The molecule has 17 heavy (non-hydrogen) atoms. The van der Waals surface area contributed by atoms with Crippen molar-refractivity contribution in [3.8, 4) is 11.5 Å². The van der Waals surface area contributed by atoms with Crippen LogP contribution >= 0.6 is 0 Å². The lowest BCUT2D eigenvalue weighted by molar-refractivity contribution is 0.112. The van der Waals surface area contributed by atoms with Gasteiger partial charge in [0.05, 0.1) is 6.61 Å². The Morgan fingerprint density at radius 2 is 1.94 bits per heavy atom.